The maximum absolute atomic E-state index is 11.3. The Hall–Kier alpha value is -1.95. The topological polar surface area (TPSA) is 97.1 Å². The van der Waals surface area contributed by atoms with E-state index in [2.05, 4.69) is 10.3 Å². The molecule has 4 N–H and O–H groups in total. The highest BCUT2D eigenvalue weighted by Crippen LogP contribution is 1.93. The number of primary amides is 1. The third kappa shape index (κ3) is 4.05. The summed E-state index contributed by atoms with van der Waals surface area (Å²) >= 11 is 0. The molecule has 0 aromatic carbocycles. The number of urea groups is 1. The van der Waals surface area contributed by atoms with Crippen LogP contribution in [0.2, 0.25) is 0 Å². The second kappa shape index (κ2) is 5.82. The van der Waals surface area contributed by atoms with E-state index < -0.39 is 18.0 Å². The summed E-state index contributed by atoms with van der Waals surface area (Å²) in [6.45, 7) is 2.09. The van der Waals surface area contributed by atoms with Crippen LogP contribution in [0.3, 0.4) is 0 Å². The van der Waals surface area contributed by atoms with Crippen LogP contribution in [0.5, 0.6) is 0 Å². The lowest BCUT2D eigenvalue weighted by Crippen LogP contribution is -2.46. The zero-order valence-corrected chi connectivity index (χ0v) is 8.93. The largest absolute Gasteiger partial charge is 0.351 e. The van der Waals surface area contributed by atoms with E-state index in [4.69, 9.17) is 5.73 Å². The molecule has 16 heavy (non-hydrogen) atoms. The van der Waals surface area contributed by atoms with Gasteiger partial charge in [-0.1, -0.05) is 6.07 Å². The van der Waals surface area contributed by atoms with Crippen molar-refractivity contribution in [2.75, 3.05) is 0 Å². The average molecular weight is 222 g/mol. The molecule has 1 heterocycles. The molecule has 0 radical (unpaired) electrons. The number of rotatable bonds is 4. The van der Waals surface area contributed by atoms with Gasteiger partial charge in [-0.2, -0.15) is 0 Å². The third-order valence-electron chi connectivity index (χ3n) is 1.96. The third-order valence-corrected chi connectivity index (χ3v) is 1.96. The molecule has 6 nitrogen and oxygen atoms in total. The molecule has 3 amide bonds. The Labute approximate surface area is 93.2 Å². The molecule has 0 fully saturated rings. The van der Waals surface area contributed by atoms with E-state index in [0.717, 1.165) is 5.69 Å². The SMILES string of the molecule is CC(NCc1ccccn1)C(=O)NC(N)=O. The molecule has 0 saturated carbocycles. The van der Waals surface area contributed by atoms with Crippen LogP contribution in [-0.2, 0) is 11.3 Å². The van der Waals surface area contributed by atoms with E-state index in [1.807, 2.05) is 23.5 Å². The number of nitrogens with zero attached hydrogens (tertiary/aromatic N) is 1. The minimum absolute atomic E-state index is 0.453. The fourth-order valence-corrected chi connectivity index (χ4v) is 1.08. The van der Waals surface area contributed by atoms with Crippen LogP contribution in [0.1, 0.15) is 12.6 Å². The summed E-state index contributed by atoms with van der Waals surface area (Å²) in [5.74, 6) is -0.455. The highest BCUT2D eigenvalue weighted by molar-refractivity contribution is 5.96. The van der Waals surface area contributed by atoms with Crippen LogP contribution >= 0.6 is 0 Å². The van der Waals surface area contributed by atoms with Gasteiger partial charge in [-0.05, 0) is 19.1 Å². The summed E-state index contributed by atoms with van der Waals surface area (Å²) in [5, 5.41) is 4.92. The second-order valence-corrected chi connectivity index (χ2v) is 3.28. The predicted octanol–water partition coefficient (Wildman–Crippen LogP) is -0.245. The van der Waals surface area contributed by atoms with Gasteiger partial charge in [0.1, 0.15) is 0 Å². The summed E-state index contributed by atoms with van der Waals surface area (Å²) in [5.41, 5.74) is 5.65. The first-order chi connectivity index (χ1) is 7.59. The summed E-state index contributed by atoms with van der Waals surface area (Å²) in [6.07, 6.45) is 1.67. The summed E-state index contributed by atoms with van der Waals surface area (Å²) in [4.78, 5) is 25.8. The van der Waals surface area contributed by atoms with E-state index in [0.29, 0.717) is 6.54 Å². The lowest BCUT2D eigenvalue weighted by atomic mass is 10.3. The normalized spacial score (nSPS) is 11.8. The number of imide groups is 1. The van der Waals surface area contributed by atoms with Gasteiger partial charge in [-0.15, -0.1) is 0 Å². The van der Waals surface area contributed by atoms with Crippen LogP contribution in [0.4, 0.5) is 4.79 Å². The van der Waals surface area contributed by atoms with Crippen LogP contribution < -0.4 is 16.4 Å². The fourth-order valence-electron chi connectivity index (χ4n) is 1.08. The number of pyridine rings is 1. The van der Waals surface area contributed by atoms with Gasteiger partial charge >= 0.3 is 6.03 Å². The van der Waals surface area contributed by atoms with Gasteiger partial charge in [0.2, 0.25) is 5.91 Å². The number of amides is 3. The van der Waals surface area contributed by atoms with Crippen molar-refractivity contribution in [1.29, 1.82) is 0 Å². The molecule has 0 spiro atoms. The van der Waals surface area contributed by atoms with Crippen molar-refractivity contribution in [2.24, 2.45) is 5.73 Å². The van der Waals surface area contributed by atoms with Gasteiger partial charge in [0, 0.05) is 12.7 Å². The number of nitrogens with one attached hydrogen (secondary N) is 2. The zero-order chi connectivity index (χ0) is 12.0. The first-order valence-corrected chi connectivity index (χ1v) is 4.83. The molecule has 0 bridgehead atoms. The van der Waals surface area contributed by atoms with Crippen LogP contribution in [0.25, 0.3) is 0 Å². The molecule has 0 saturated heterocycles. The molecule has 6 heteroatoms. The highest BCUT2D eigenvalue weighted by atomic mass is 16.2. The maximum Gasteiger partial charge on any atom is 0.318 e. The zero-order valence-electron chi connectivity index (χ0n) is 8.93. The molecule has 0 aliphatic carbocycles. The monoisotopic (exact) mass is 222 g/mol. The minimum Gasteiger partial charge on any atom is -0.351 e. The number of aromatic nitrogens is 1. The number of carbonyl (C=O) groups excluding carboxylic acids is 2. The van der Waals surface area contributed by atoms with Gasteiger partial charge in [-0.25, -0.2) is 4.79 Å². The average Bonchev–Trinajstić information content (AvgIpc) is 2.26. The molecule has 1 rings (SSSR count). The van der Waals surface area contributed by atoms with E-state index >= 15 is 0 Å². The number of carbonyl (C=O) groups is 2. The van der Waals surface area contributed by atoms with Gasteiger partial charge in [0.25, 0.3) is 0 Å². The fraction of sp³-hybridized carbons (Fsp3) is 0.300. The molecule has 0 aliphatic heterocycles. The number of hydrogen-bond donors (Lipinski definition) is 3. The Balaban J connectivity index is 2.38. The number of hydrogen-bond acceptors (Lipinski definition) is 4. The van der Waals surface area contributed by atoms with Crippen molar-refractivity contribution >= 4 is 11.9 Å². The molecule has 86 valence electrons. The highest BCUT2D eigenvalue weighted by Gasteiger charge is 2.13. The lowest BCUT2D eigenvalue weighted by Gasteiger charge is -2.11. The van der Waals surface area contributed by atoms with Gasteiger partial charge in [0.15, 0.2) is 0 Å². The van der Waals surface area contributed by atoms with Crippen LogP contribution in [0, 0.1) is 0 Å². The van der Waals surface area contributed by atoms with Crippen molar-refractivity contribution in [3.8, 4) is 0 Å². The summed E-state index contributed by atoms with van der Waals surface area (Å²) in [6, 6.07) is 4.15. The van der Waals surface area contributed by atoms with Gasteiger partial charge in [0.05, 0.1) is 11.7 Å². The first-order valence-electron chi connectivity index (χ1n) is 4.83. The Morgan fingerprint density at radius 2 is 2.25 bits per heavy atom. The molecule has 1 atom stereocenters. The van der Waals surface area contributed by atoms with Crippen molar-refractivity contribution in [3.05, 3.63) is 30.1 Å². The Morgan fingerprint density at radius 1 is 1.50 bits per heavy atom. The maximum atomic E-state index is 11.3. The van der Waals surface area contributed by atoms with E-state index in [1.165, 1.54) is 0 Å². The Bertz CT molecular complexity index is 366. The van der Waals surface area contributed by atoms with Gasteiger partial charge < -0.3 is 11.1 Å². The van der Waals surface area contributed by atoms with Crippen LogP contribution in [0.15, 0.2) is 24.4 Å². The second-order valence-electron chi connectivity index (χ2n) is 3.28. The van der Waals surface area contributed by atoms with E-state index in [1.54, 1.807) is 13.1 Å². The molecule has 1 unspecified atom stereocenters. The quantitative estimate of drug-likeness (QED) is 0.654. The molecule has 0 aliphatic rings. The van der Waals surface area contributed by atoms with E-state index in [-0.39, 0.29) is 0 Å². The summed E-state index contributed by atoms with van der Waals surface area (Å²) in [7, 11) is 0. The lowest BCUT2D eigenvalue weighted by molar-refractivity contribution is -0.121. The number of nitrogens with two attached hydrogens (primary N) is 1. The van der Waals surface area contributed by atoms with Crippen molar-refractivity contribution in [3.63, 3.8) is 0 Å². The summed E-state index contributed by atoms with van der Waals surface area (Å²) < 4.78 is 0. The van der Waals surface area contributed by atoms with Crippen LogP contribution in [-0.4, -0.2) is 23.0 Å². The van der Waals surface area contributed by atoms with Gasteiger partial charge in [-0.3, -0.25) is 15.1 Å². The predicted molar refractivity (Wildman–Crippen MR) is 58.3 cm³/mol. The molecule has 1 aromatic rings. The minimum atomic E-state index is -0.850. The van der Waals surface area contributed by atoms with Crippen molar-refractivity contribution in [2.45, 2.75) is 19.5 Å². The van der Waals surface area contributed by atoms with Crippen molar-refractivity contribution in [1.82, 2.24) is 15.6 Å². The smallest absolute Gasteiger partial charge is 0.318 e. The standard InChI is InChI=1S/C10H14N4O2/c1-7(9(15)14-10(11)16)13-6-8-4-2-3-5-12-8/h2-5,7,13H,6H2,1H3,(H3,11,14,15,16). The molecule has 1 aromatic heterocycles. The van der Waals surface area contributed by atoms with Crippen molar-refractivity contribution < 1.29 is 9.59 Å². The van der Waals surface area contributed by atoms with E-state index in [9.17, 15) is 9.59 Å². The first kappa shape index (κ1) is 12.1. The molecular weight excluding hydrogens is 208 g/mol. The molecular formula is C10H14N4O2. The Morgan fingerprint density at radius 3 is 2.81 bits per heavy atom. The Kier molecular flexibility index (Phi) is 4.41.